The molecule has 2 amide bonds. The quantitative estimate of drug-likeness (QED) is 0.835. The van der Waals surface area contributed by atoms with Gasteiger partial charge in [0, 0.05) is 30.5 Å². The average molecular weight is 376 g/mol. The Morgan fingerprint density at radius 3 is 2.41 bits per heavy atom. The van der Waals surface area contributed by atoms with E-state index in [2.05, 4.69) is 31.0 Å². The Bertz CT molecular complexity index is 650. The van der Waals surface area contributed by atoms with Gasteiger partial charge in [-0.3, -0.25) is 9.69 Å². The highest BCUT2D eigenvalue weighted by molar-refractivity contribution is 5.97. The maximum Gasteiger partial charge on any atom is 0.410 e. The van der Waals surface area contributed by atoms with Gasteiger partial charge in [0.15, 0.2) is 0 Å². The summed E-state index contributed by atoms with van der Waals surface area (Å²) in [6.45, 7) is 13.4. The smallest absolute Gasteiger partial charge is 0.410 e. The Balaban J connectivity index is 2.02. The number of rotatable bonds is 5. The Hall–Kier alpha value is -2.24. The van der Waals surface area contributed by atoms with Crippen LogP contribution in [0.5, 0.6) is 0 Å². The van der Waals surface area contributed by atoms with Gasteiger partial charge in [0.25, 0.3) is 0 Å². The van der Waals surface area contributed by atoms with Crippen LogP contribution in [0.25, 0.3) is 0 Å². The van der Waals surface area contributed by atoms with Crippen molar-refractivity contribution < 1.29 is 14.3 Å². The van der Waals surface area contributed by atoms with Crippen molar-refractivity contribution in [3.05, 3.63) is 24.3 Å². The van der Waals surface area contributed by atoms with Crippen LogP contribution in [-0.2, 0) is 9.53 Å². The van der Waals surface area contributed by atoms with Crippen LogP contribution < -0.4 is 10.2 Å². The molecule has 150 valence electrons. The molecule has 1 aromatic rings. The van der Waals surface area contributed by atoms with Gasteiger partial charge in [-0.25, -0.2) is 4.79 Å². The second-order valence-corrected chi connectivity index (χ2v) is 8.25. The molecule has 1 N–H and O–H groups in total. The van der Waals surface area contributed by atoms with Crippen molar-refractivity contribution in [2.24, 2.45) is 0 Å². The minimum atomic E-state index is -0.571. The summed E-state index contributed by atoms with van der Waals surface area (Å²) in [5.74, 6) is -0.165. The summed E-state index contributed by atoms with van der Waals surface area (Å²) in [5.41, 5.74) is 1.29. The predicted molar refractivity (Wildman–Crippen MR) is 109 cm³/mol. The Morgan fingerprint density at radius 2 is 1.89 bits per heavy atom. The van der Waals surface area contributed by atoms with E-state index in [1.165, 1.54) is 4.90 Å². The zero-order chi connectivity index (χ0) is 20.2. The maximum absolute atomic E-state index is 12.7. The molecule has 27 heavy (non-hydrogen) atoms. The van der Waals surface area contributed by atoms with Gasteiger partial charge in [-0.15, -0.1) is 0 Å². The molecule has 1 saturated heterocycles. The fourth-order valence-electron chi connectivity index (χ4n) is 3.39. The highest BCUT2D eigenvalue weighted by Gasteiger charge is 2.36. The van der Waals surface area contributed by atoms with Crippen molar-refractivity contribution in [3.8, 4) is 0 Å². The van der Waals surface area contributed by atoms with Crippen molar-refractivity contribution in [3.63, 3.8) is 0 Å². The van der Waals surface area contributed by atoms with E-state index in [0.717, 1.165) is 24.3 Å². The van der Waals surface area contributed by atoms with E-state index in [4.69, 9.17) is 4.74 Å². The highest BCUT2D eigenvalue weighted by atomic mass is 16.6. The molecule has 0 aromatic heterocycles. The molecular weight excluding hydrogens is 342 g/mol. The maximum atomic E-state index is 12.7. The second kappa shape index (κ2) is 8.63. The summed E-state index contributed by atoms with van der Waals surface area (Å²) in [6, 6.07) is 7.77. The standard InChI is InChI=1S/C21H33N3O3/c1-7-23(15(2)3)17-12-10-16(11-13-17)22-19(25)18-9-8-14-24(18)20(26)27-21(4,5)6/h10-13,15,18H,7-9,14H2,1-6H3,(H,22,25). The van der Waals surface area contributed by atoms with Crippen molar-refractivity contribution in [2.75, 3.05) is 23.3 Å². The van der Waals surface area contributed by atoms with Crippen LogP contribution in [0, 0.1) is 0 Å². The van der Waals surface area contributed by atoms with Gasteiger partial charge in [0.1, 0.15) is 11.6 Å². The number of nitrogens with zero attached hydrogens (tertiary/aromatic N) is 2. The number of carbonyl (C=O) groups is 2. The largest absolute Gasteiger partial charge is 0.444 e. The molecule has 1 atom stereocenters. The number of carbonyl (C=O) groups excluding carboxylic acids is 2. The fraction of sp³-hybridized carbons (Fsp3) is 0.619. The first kappa shape index (κ1) is 21.1. The number of benzene rings is 1. The average Bonchev–Trinajstić information content (AvgIpc) is 3.05. The Morgan fingerprint density at radius 1 is 1.26 bits per heavy atom. The molecular formula is C21H33N3O3. The van der Waals surface area contributed by atoms with Crippen molar-refractivity contribution >= 4 is 23.4 Å². The number of anilines is 2. The van der Waals surface area contributed by atoms with Crippen LogP contribution in [-0.4, -0.2) is 47.7 Å². The molecule has 0 spiro atoms. The first-order chi connectivity index (χ1) is 12.6. The summed E-state index contributed by atoms with van der Waals surface area (Å²) >= 11 is 0. The highest BCUT2D eigenvalue weighted by Crippen LogP contribution is 2.24. The van der Waals surface area contributed by atoms with Crippen LogP contribution in [0.3, 0.4) is 0 Å². The summed E-state index contributed by atoms with van der Waals surface area (Å²) in [5, 5.41) is 2.94. The monoisotopic (exact) mass is 375 g/mol. The Labute approximate surface area is 162 Å². The van der Waals surface area contributed by atoms with Crippen LogP contribution in [0.2, 0.25) is 0 Å². The van der Waals surface area contributed by atoms with Crippen LogP contribution in [0.15, 0.2) is 24.3 Å². The van der Waals surface area contributed by atoms with E-state index in [1.807, 2.05) is 45.0 Å². The lowest BCUT2D eigenvalue weighted by Crippen LogP contribution is -2.45. The van der Waals surface area contributed by atoms with E-state index in [-0.39, 0.29) is 5.91 Å². The molecule has 1 fully saturated rings. The van der Waals surface area contributed by atoms with Crippen LogP contribution in [0.1, 0.15) is 54.4 Å². The summed E-state index contributed by atoms with van der Waals surface area (Å²) in [6.07, 6.45) is 1.03. The molecule has 0 aliphatic carbocycles. The third-order valence-electron chi connectivity index (χ3n) is 4.61. The van der Waals surface area contributed by atoms with E-state index in [9.17, 15) is 9.59 Å². The van der Waals surface area contributed by atoms with Crippen LogP contribution in [0.4, 0.5) is 16.2 Å². The molecule has 6 heteroatoms. The summed E-state index contributed by atoms with van der Waals surface area (Å²) in [7, 11) is 0. The van der Waals surface area contributed by atoms with Crippen LogP contribution >= 0.6 is 0 Å². The zero-order valence-electron chi connectivity index (χ0n) is 17.4. The minimum Gasteiger partial charge on any atom is -0.444 e. The lowest BCUT2D eigenvalue weighted by atomic mass is 10.2. The van der Waals surface area contributed by atoms with Crippen molar-refractivity contribution in [1.82, 2.24) is 4.90 Å². The molecule has 1 heterocycles. The number of hydrogen-bond acceptors (Lipinski definition) is 4. The molecule has 0 bridgehead atoms. The van der Waals surface area contributed by atoms with E-state index < -0.39 is 17.7 Å². The molecule has 0 radical (unpaired) electrons. The third kappa shape index (κ3) is 5.62. The zero-order valence-corrected chi connectivity index (χ0v) is 17.4. The molecule has 6 nitrogen and oxygen atoms in total. The topological polar surface area (TPSA) is 61.9 Å². The van der Waals surface area contributed by atoms with Crippen molar-refractivity contribution in [2.45, 2.75) is 72.1 Å². The van der Waals surface area contributed by atoms with Gasteiger partial charge in [-0.2, -0.15) is 0 Å². The number of nitrogens with one attached hydrogen (secondary N) is 1. The lowest BCUT2D eigenvalue weighted by molar-refractivity contribution is -0.120. The Kier molecular flexibility index (Phi) is 6.73. The summed E-state index contributed by atoms with van der Waals surface area (Å²) in [4.78, 5) is 28.9. The number of ether oxygens (including phenoxy) is 1. The predicted octanol–water partition coefficient (Wildman–Crippen LogP) is 4.26. The van der Waals surface area contributed by atoms with Gasteiger partial charge >= 0.3 is 6.09 Å². The van der Waals surface area contributed by atoms with Gasteiger partial charge in [0.05, 0.1) is 0 Å². The first-order valence-electron chi connectivity index (χ1n) is 9.79. The molecule has 1 aliphatic heterocycles. The van der Waals surface area contributed by atoms with E-state index in [0.29, 0.717) is 19.0 Å². The molecule has 2 rings (SSSR count). The van der Waals surface area contributed by atoms with Gasteiger partial charge < -0.3 is 15.0 Å². The molecule has 1 unspecified atom stereocenters. The fourth-order valence-corrected chi connectivity index (χ4v) is 3.39. The minimum absolute atomic E-state index is 0.165. The third-order valence-corrected chi connectivity index (χ3v) is 4.61. The number of amides is 2. The molecule has 1 aromatic carbocycles. The van der Waals surface area contributed by atoms with E-state index in [1.54, 1.807) is 0 Å². The van der Waals surface area contributed by atoms with E-state index >= 15 is 0 Å². The molecule has 1 aliphatic rings. The lowest BCUT2D eigenvalue weighted by Gasteiger charge is -2.28. The van der Waals surface area contributed by atoms with Gasteiger partial charge in [0.2, 0.25) is 5.91 Å². The summed E-state index contributed by atoms with van der Waals surface area (Å²) < 4.78 is 5.43. The number of likely N-dealkylation sites (tertiary alicyclic amines) is 1. The van der Waals surface area contributed by atoms with Gasteiger partial charge in [-0.1, -0.05) is 0 Å². The molecule has 0 saturated carbocycles. The normalized spacial score (nSPS) is 17.1. The SMILES string of the molecule is CCN(c1ccc(NC(=O)C2CCCN2C(=O)OC(C)(C)C)cc1)C(C)C. The second-order valence-electron chi connectivity index (χ2n) is 8.25. The van der Waals surface area contributed by atoms with Gasteiger partial charge in [-0.05, 0) is 78.6 Å². The van der Waals surface area contributed by atoms with Crippen molar-refractivity contribution in [1.29, 1.82) is 0 Å². The first-order valence-corrected chi connectivity index (χ1v) is 9.79. The number of hydrogen-bond donors (Lipinski definition) is 1.